The van der Waals surface area contributed by atoms with Gasteiger partial charge in [0.15, 0.2) is 0 Å². The highest BCUT2D eigenvalue weighted by Crippen LogP contribution is 2.51. The van der Waals surface area contributed by atoms with Crippen molar-refractivity contribution in [3.63, 3.8) is 0 Å². The van der Waals surface area contributed by atoms with Crippen molar-refractivity contribution in [2.75, 3.05) is 6.61 Å². The highest BCUT2D eigenvalue weighted by atomic mass is 16.5. The van der Waals surface area contributed by atoms with Crippen LogP contribution in [0.3, 0.4) is 0 Å². The average molecular weight is 210 g/mol. The molecule has 0 saturated heterocycles. The van der Waals surface area contributed by atoms with Crippen LogP contribution in [0.4, 0.5) is 0 Å². The van der Waals surface area contributed by atoms with Crippen molar-refractivity contribution in [1.29, 1.82) is 0 Å². The van der Waals surface area contributed by atoms with E-state index in [-0.39, 0.29) is 11.4 Å². The van der Waals surface area contributed by atoms with Crippen LogP contribution in [0.1, 0.15) is 40.0 Å². The van der Waals surface area contributed by atoms with Crippen LogP contribution in [0, 0.1) is 17.3 Å². The van der Waals surface area contributed by atoms with Gasteiger partial charge in [0.2, 0.25) is 0 Å². The smallest absolute Gasteiger partial charge is 0.312 e. The van der Waals surface area contributed by atoms with Crippen LogP contribution >= 0.6 is 0 Å². The molecule has 15 heavy (non-hydrogen) atoms. The lowest BCUT2D eigenvalue weighted by atomic mass is 9.71. The van der Waals surface area contributed by atoms with Gasteiger partial charge in [0.05, 0.1) is 12.0 Å². The van der Waals surface area contributed by atoms with Crippen LogP contribution in [-0.4, -0.2) is 12.6 Å². The number of esters is 1. The first-order valence-electron chi connectivity index (χ1n) is 5.87. The van der Waals surface area contributed by atoms with E-state index in [4.69, 9.17) is 4.74 Å². The maximum atomic E-state index is 12.1. The van der Waals surface area contributed by atoms with Gasteiger partial charge in [-0.05, 0) is 38.0 Å². The van der Waals surface area contributed by atoms with Crippen molar-refractivity contribution < 1.29 is 9.53 Å². The first-order chi connectivity index (χ1) is 7.09. The third-order valence-corrected chi connectivity index (χ3v) is 3.93. The zero-order chi connectivity index (χ0) is 11.5. The molecular weight excluding hydrogens is 188 g/mol. The van der Waals surface area contributed by atoms with Gasteiger partial charge < -0.3 is 4.74 Å². The summed E-state index contributed by atoms with van der Waals surface area (Å²) in [5, 5.41) is 0. The van der Waals surface area contributed by atoms with E-state index in [9.17, 15) is 4.79 Å². The fourth-order valence-electron chi connectivity index (χ4n) is 2.89. The quantitative estimate of drug-likeness (QED) is 0.526. The van der Waals surface area contributed by atoms with Crippen molar-refractivity contribution in [3.05, 3.63) is 12.7 Å². The molecule has 0 aromatic rings. The van der Waals surface area contributed by atoms with E-state index in [0.29, 0.717) is 18.4 Å². The van der Waals surface area contributed by atoms with Crippen molar-refractivity contribution in [2.45, 2.75) is 40.0 Å². The maximum absolute atomic E-state index is 12.1. The number of ether oxygens (including phenoxy) is 1. The standard InChI is InChI=1S/C13H22O2/c1-5-9-13(12(14)15-6-2)10(3)7-8-11(13)4/h5,10-11H,1,6-9H2,2-4H3/t10-,11+,13?. The van der Waals surface area contributed by atoms with Crippen molar-refractivity contribution in [2.24, 2.45) is 17.3 Å². The normalized spacial score (nSPS) is 35.1. The van der Waals surface area contributed by atoms with Crippen LogP contribution < -0.4 is 0 Å². The van der Waals surface area contributed by atoms with E-state index >= 15 is 0 Å². The zero-order valence-corrected chi connectivity index (χ0v) is 10.1. The second-order valence-corrected chi connectivity index (χ2v) is 4.63. The molecule has 1 unspecified atom stereocenters. The van der Waals surface area contributed by atoms with Gasteiger partial charge in [-0.2, -0.15) is 0 Å². The van der Waals surface area contributed by atoms with Gasteiger partial charge in [-0.3, -0.25) is 4.79 Å². The molecule has 3 atom stereocenters. The molecule has 0 radical (unpaired) electrons. The Bertz CT molecular complexity index is 235. The summed E-state index contributed by atoms with van der Waals surface area (Å²) in [5.41, 5.74) is -0.308. The number of rotatable bonds is 4. The molecule has 0 aromatic heterocycles. The molecule has 0 bridgehead atoms. The minimum atomic E-state index is -0.308. The zero-order valence-electron chi connectivity index (χ0n) is 10.1. The van der Waals surface area contributed by atoms with Gasteiger partial charge in [-0.1, -0.05) is 19.9 Å². The van der Waals surface area contributed by atoms with E-state index in [0.717, 1.165) is 19.3 Å². The number of hydrogen-bond acceptors (Lipinski definition) is 2. The molecule has 2 heteroatoms. The van der Waals surface area contributed by atoms with Gasteiger partial charge in [0, 0.05) is 0 Å². The molecule has 1 fully saturated rings. The highest BCUT2D eigenvalue weighted by molar-refractivity contribution is 5.78. The molecule has 1 aliphatic rings. The summed E-state index contributed by atoms with van der Waals surface area (Å²) < 4.78 is 5.24. The average Bonchev–Trinajstić information content (AvgIpc) is 2.47. The number of hydrogen-bond donors (Lipinski definition) is 0. The Morgan fingerprint density at radius 1 is 1.47 bits per heavy atom. The Kier molecular flexibility index (Phi) is 3.95. The SMILES string of the molecule is C=CCC1(C(=O)OCC)[C@H](C)CC[C@@H]1C. The van der Waals surface area contributed by atoms with Gasteiger partial charge in [-0.15, -0.1) is 6.58 Å². The predicted octanol–water partition coefficient (Wildman–Crippen LogP) is 3.18. The summed E-state index contributed by atoms with van der Waals surface area (Å²) in [6, 6.07) is 0. The third kappa shape index (κ3) is 1.95. The molecule has 1 saturated carbocycles. The van der Waals surface area contributed by atoms with Gasteiger partial charge >= 0.3 is 5.97 Å². The Hall–Kier alpha value is -0.790. The third-order valence-electron chi connectivity index (χ3n) is 3.93. The van der Waals surface area contributed by atoms with Crippen LogP contribution in [0.5, 0.6) is 0 Å². The lowest BCUT2D eigenvalue weighted by Crippen LogP contribution is -2.39. The monoisotopic (exact) mass is 210 g/mol. The topological polar surface area (TPSA) is 26.3 Å². The van der Waals surface area contributed by atoms with E-state index in [1.54, 1.807) is 0 Å². The lowest BCUT2D eigenvalue weighted by molar-refractivity contribution is -0.160. The van der Waals surface area contributed by atoms with Crippen LogP contribution in [0.25, 0.3) is 0 Å². The molecule has 1 aliphatic carbocycles. The van der Waals surface area contributed by atoms with Crippen LogP contribution in [-0.2, 0) is 9.53 Å². The Balaban J connectivity index is 2.95. The number of carbonyl (C=O) groups is 1. The Morgan fingerprint density at radius 2 is 2.00 bits per heavy atom. The maximum Gasteiger partial charge on any atom is 0.312 e. The molecule has 0 heterocycles. The van der Waals surface area contributed by atoms with Gasteiger partial charge in [-0.25, -0.2) is 0 Å². The molecule has 0 aliphatic heterocycles. The minimum absolute atomic E-state index is 0.0256. The number of carbonyl (C=O) groups excluding carboxylic acids is 1. The summed E-state index contributed by atoms with van der Waals surface area (Å²) >= 11 is 0. The summed E-state index contributed by atoms with van der Waals surface area (Å²) in [6.07, 6.45) is 4.84. The minimum Gasteiger partial charge on any atom is -0.466 e. The fraction of sp³-hybridized carbons (Fsp3) is 0.769. The Morgan fingerprint density at radius 3 is 2.40 bits per heavy atom. The lowest BCUT2D eigenvalue weighted by Gasteiger charge is -2.34. The summed E-state index contributed by atoms with van der Waals surface area (Å²) in [4.78, 5) is 12.1. The van der Waals surface area contributed by atoms with Crippen molar-refractivity contribution in [3.8, 4) is 0 Å². The van der Waals surface area contributed by atoms with Crippen molar-refractivity contribution in [1.82, 2.24) is 0 Å². The summed E-state index contributed by atoms with van der Waals surface area (Å²) in [6.45, 7) is 10.4. The second kappa shape index (κ2) is 4.82. The molecule has 1 rings (SSSR count). The van der Waals surface area contributed by atoms with E-state index in [2.05, 4.69) is 20.4 Å². The molecule has 0 aromatic carbocycles. The van der Waals surface area contributed by atoms with E-state index < -0.39 is 0 Å². The highest BCUT2D eigenvalue weighted by Gasteiger charge is 2.51. The summed E-state index contributed by atoms with van der Waals surface area (Å²) in [5.74, 6) is 0.788. The van der Waals surface area contributed by atoms with E-state index in [1.165, 1.54) is 0 Å². The van der Waals surface area contributed by atoms with Gasteiger partial charge in [0.25, 0.3) is 0 Å². The van der Waals surface area contributed by atoms with Crippen molar-refractivity contribution >= 4 is 5.97 Å². The second-order valence-electron chi connectivity index (χ2n) is 4.63. The van der Waals surface area contributed by atoms with Crippen LogP contribution in [0.15, 0.2) is 12.7 Å². The van der Waals surface area contributed by atoms with Crippen LogP contribution in [0.2, 0.25) is 0 Å². The van der Waals surface area contributed by atoms with E-state index in [1.807, 2.05) is 13.0 Å². The first kappa shape index (κ1) is 12.3. The molecule has 0 amide bonds. The number of allylic oxidation sites excluding steroid dienone is 1. The summed E-state index contributed by atoms with van der Waals surface area (Å²) in [7, 11) is 0. The molecule has 86 valence electrons. The Labute approximate surface area is 92.7 Å². The molecule has 2 nitrogen and oxygen atoms in total. The molecular formula is C13H22O2. The molecule has 0 N–H and O–H groups in total. The van der Waals surface area contributed by atoms with Gasteiger partial charge in [0.1, 0.15) is 0 Å². The predicted molar refractivity (Wildman–Crippen MR) is 61.4 cm³/mol. The molecule has 0 spiro atoms. The fourth-order valence-corrected chi connectivity index (χ4v) is 2.89. The largest absolute Gasteiger partial charge is 0.466 e. The first-order valence-corrected chi connectivity index (χ1v) is 5.87.